The van der Waals surface area contributed by atoms with E-state index < -0.39 is 5.41 Å². The smallest absolute Gasteiger partial charge is 0.311 e. The molecule has 0 saturated carbocycles. The number of nitrogens with zero attached hydrogens (tertiary/aromatic N) is 2. The van der Waals surface area contributed by atoms with Crippen molar-refractivity contribution in [2.24, 2.45) is 5.41 Å². The predicted octanol–water partition coefficient (Wildman–Crippen LogP) is 7.88. The number of aromatic hydroxyl groups is 1. The van der Waals surface area contributed by atoms with E-state index in [1.807, 2.05) is 58.2 Å². The minimum absolute atomic E-state index is 0.0687. The summed E-state index contributed by atoms with van der Waals surface area (Å²) in [7, 11) is 0. The van der Waals surface area contributed by atoms with Gasteiger partial charge >= 0.3 is 5.97 Å². The molecule has 0 radical (unpaired) electrons. The number of carbonyl (C=O) groups is 1. The van der Waals surface area contributed by atoms with E-state index in [-0.39, 0.29) is 16.5 Å². The molecule has 0 aliphatic carbocycles. The molecule has 1 N–H and O–H groups in total. The highest BCUT2D eigenvalue weighted by molar-refractivity contribution is 8.00. The number of hydrogen-bond donors (Lipinski definition) is 1. The van der Waals surface area contributed by atoms with Crippen LogP contribution in [0.25, 0.3) is 22.0 Å². The Hall–Kier alpha value is -3.45. The molecule has 0 unspecified atom stereocenters. The molecule has 2 aromatic carbocycles. The zero-order valence-electron chi connectivity index (χ0n) is 24.6. The normalized spacial score (nSPS) is 12.1. The Morgan fingerprint density at radius 3 is 2.25 bits per heavy atom. The number of ether oxygens (including phenoxy) is 2. The van der Waals surface area contributed by atoms with Gasteiger partial charge in [-0.1, -0.05) is 45.0 Å². The number of aromatic nitrogens is 2. The van der Waals surface area contributed by atoms with Crippen molar-refractivity contribution in [3.63, 3.8) is 0 Å². The van der Waals surface area contributed by atoms with E-state index in [0.717, 1.165) is 38.2 Å². The van der Waals surface area contributed by atoms with Crippen LogP contribution in [0.3, 0.4) is 0 Å². The molecular formula is C33H40N2O4S. The summed E-state index contributed by atoms with van der Waals surface area (Å²) >= 11 is 1.77. The largest absolute Gasteiger partial charge is 0.508 e. The van der Waals surface area contributed by atoms with Crippen LogP contribution in [0.5, 0.6) is 11.6 Å². The number of phenols is 1. The molecule has 0 fully saturated rings. The second kappa shape index (κ2) is 12.0. The van der Waals surface area contributed by atoms with E-state index >= 15 is 0 Å². The Labute approximate surface area is 241 Å². The first-order valence-electron chi connectivity index (χ1n) is 13.8. The maximum Gasteiger partial charge on any atom is 0.311 e. The highest BCUT2D eigenvalue weighted by Crippen LogP contribution is 2.44. The molecule has 4 aromatic rings. The van der Waals surface area contributed by atoms with Gasteiger partial charge in [0.25, 0.3) is 0 Å². The molecule has 6 nitrogen and oxygen atoms in total. The van der Waals surface area contributed by atoms with E-state index in [1.54, 1.807) is 17.8 Å². The van der Waals surface area contributed by atoms with Gasteiger partial charge in [-0.2, -0.15) is 0 Å². The second-order valence-corrected chi connectivity index (χ2v) is 13.4. The quantitative estimate of drug-likeness (QED) is 0.157. The van der Waals surface area contributed by atoms with Gasteiger partial charge in [0.05, 0.1) is 18.6 Å². The van der Waals surface area contributed by atoms with Crippen molar-refractivity contribution in [2.75, 3.05) is 13.2 Å². The van der Waals surface area contributed by atoms with Crippen molar-refractivity contribution in [1.29, 1.82) is 0 Å². The molecule has 0 amide bonds. The summed E-state index contributed by atoms with van der Waals surface area (Å²) in [5.41, 5.74) is 4.61. The number of esters is 1. The number of rotatable bonds is 10. The van der Waals surface area contributed by atoms with Crippen LogP contribution in [0.4, 0.5) is 0 Å². The third-order valence-electron chi connectivity index (χ3n) is 6.61. The third-order valence-corrected chi connectivity index (χ3v) is 7.88. The SMILES string of the molecule is CCOC(=O)C(C)(C)Cc1c(SC(C)(C)C)c2cc(O)ccc2n1Cc1ccc(-c2ccc(OCC)nc2)cc1. The summed E-state index contributed by atoms with van der Waals surface area (Å²) in [6.07, 6.45) is 2.34. The second-order valence-electron chi connectivity index (χ2n) is 11.6. The Morgan fingerprint density at radius 2 is 1.65 bits per heavy atom. The molecule has 7 heteroatoms. The van der Waals surface area contributed by atoms with Crippen LogP contribution in [0.15, 0.2) is 65.7 Å². The topological polar surface area (TPSA) is 73.6 Å². The lowest BCUT2D eigenvalue weighted by atomic mass is 9.87. The Balaban J connectivity index is 1.77. The summed E-state index contributed by atoms with van der Waals surface area (Å²) in [6.45, 7) is 15.8. The van der Waals surface area contributed by atoms with Crippen molar-refractivity contribution < 1.29 is 19.4 Å². The average molecular weight is 561 g/mol. The lowest BCUT2D eigenvalue weighted by molar-refractivity contribution is -0.153. The first kappa shape index (κ1) is 29.5. The first-order valence-corrected chi connectivity index (χ1v) is 14.6. The molecule has 2 aromatic heterocycles. The number of phenolic OH excluding ortho intramolecular Hbond substituents is 1. The van der Waals surface area contributed by atoms with E-state index in [0.29, 0.717) is 32.1 Å². The summed E-state index contributed by atoms with van der Waals surface area (Å²) < 4.78 is 13.1. The molecular weight excluding hydrogens is 520 g/mol. The van der Waals surface area contributed by atoms with Crippen LogP contribution in [0.1, 0.15) is 59.7 Å². The van der Waals surface area contributed by atoms with Crippen molar-refractivity contribution in [1.82, 2.24) is 9.55 Å². The van der Waals surface area contributed by atoms with Gasteiger partial charge in [0.1, 0.15) is 5.75 Å². The number of pyridine rings is 1. The number of fused-ring (bicyclic) bond motifs is 1. The molecule has 40 heavy (non-hydrogen) atoms. The monoisotopic (exact) mass is 560 g/mol. The standard InChI is InChI=1S/C33H40N2O4S/c1-8-38-29-17-14-24(20-34-29)23-12-10-22(11-13-23)21-35-27-16-15-25(36)18-26(27)30(40-32(3,4)5)28(35)19-33(6,7)31(37)39-9-2/h10-18,20,36H,8-9,19,21H2,1-7H3. The van der Waals surface area contributed by atoms with Crippen LogP contribution in [0.2, 0.25) is 0 Å². The summed E-state index contributed by atoms with van der Waals surface area (Å²) in [5, 5.41) is 11.4. The highest BCUT2D eigenvalue weighted by Gasteiger charge is 2.34. The predicted molar refractivity (Wildman–Crippen MR) is 163 cm³/mol. The van der Waals surface area contributed by atoms with Crippen molar-refractivity contribution in [3.05, 3.63) is 72.1 Å². The molecule has 0 bridgehead atoms. The maximum atomic E-state index is 12.9. The molecule has 212 valence electrons. The van der Waals surface area contributed by atoms with Gasteiger partial charge in [0, 0.05) is 57.0 Å². The van der Waals surface area contributed by atoms with Gasteiger partial charge in [0.15, 0.2) is 0 Å². The summed E-state index contributed by atoms with van der Waals surface area (Å²) in [6, 6.07) is 17.9. The Morgan fingerprint density at radius 1 is 0.950 bits per heavy atom. The van der Waals surface area contributed by atoms with Crippen LogP contribution in [-0.2, 0) is 22.5 Å². The fourth-order valence-corrected chi connectivity index (χ4v) is 5.91. The molecule has 0 spiro atoms. The molecule has 2 heterocycles. The van der Waals surface area contributed by atoms with Gasteiger partial charge in [-0.25, -0.2) is 4.98 Å². The van der Waals surface area contributed by atoms with E-state index in [9.17, 15) is 9.90 Å². The number of benzene rings is 2. The zero-order valence-corrected chi connectivity index (χ0v) is 25.4. The molecule has 0 aliphatic heterocycles. The third kappa shape index (κ3) is 6.81. The summed E-state index contributed by atoms with van der Waals surface area (Å²) in [4.78, 5) is 18.4. The lowest BCUT2D eigenvalue weighted by Crippen LogP contribution is -2.30. The van der Waals surface area contributed by atoms with E-state index in [1.165, 1.54) is 0 Å². The van der Waals surface area contributed by atoms with Gasteiger partial charge < -0.3 is 19.1 Å². The van der Waals surface area contributed by atoms with E-state index in [4.69, 9.17) is 9.47 Å². The number of hydrogen-bond acceptors (Lipinski definition) is 6. The zero-order chi connectivity index (χ0) is 29.1. The number of carbonyl (C=O) groups excluding carboxylic acids is 1. The van der Waals surface area contributed by atoms with Crippen LogP contribution >= 0.6 is 11.8 Å². The minimum atomic E-state index is -0.720. The summed E-state index contributed by atoms with van der Waals surface area (Å²) in [5.74, 6) is 0.634. The van der Waals surface area contributed by atoms with Gasteiger partial charge in [-0.05, 0) is 63.1 Å². The fraction of sp³-hybridized carbons (Fsp3) is 0.394. The highest BCUT2D eigenvalue weighted by atomic mass is 32.2. The molecule has 4 rings (SSSR count). The Bertz CT molecular complexity index is 1470. The van der Waals surface area contributed by atoms with Gasteiger partial charge in [-0.3, -0.25) is 4.79 Å². The minimum Gasteiger partial charge on any atom is -0.508 e. The van der Waals surface area contributed by atoms with E-state index in [2.05, 4.69) is 54.6 Å². The van der Waals surface area contributed by atoms with Crippen molar-refractivity contribution in [3.8, 4) is 22.8 Å². The van der Waals surface area contributed by atoms with Crippen molar-refractivity contribution in [2.45, 2.75) is 71.1 Å². The number of thioether (sulfide) groups is 1. The van der Waals surface area contributed by atoms with Crippen molar-refractivity contribution >= 4 is 28.6 Å². The van der Waals surface area contributed by atoms with Gasteiger partial charge in [-0.15, -0.1) is 11.8 Å². The molecule has 0 aliphatic rings. The molecule has 0 saturated heterocycles. The van der Waals surface area contributed by atoms with Crippen LogP contribution in [-0.4, -0.2) is 38.6 Å². The van der Waals surface area contributed by atoms with Crippen LogP contribution in [0, 0.1) is 5.41 Å². The van der Waals surface area contributed by atoms with Gasteiger partial charge in [0.2, 0.25) is 5.88 Å². The van der Waals surface area contributed by atoms with Crippen LogP contribution < -0.4 is 4.74 Å². The maximum absolute atomic E-state index is 12.9. The Kier molecular flexibility index (Phi) is 8.83. The fourth-order valence-electron chi connectivity index (χ4n) is 4.73. The molecule has 0 atom stereocenters. The average Bonchev–Trinajstić information content (AvgIpc) is 3.15. The first-order chi connectivity index (χ1) is 18.9. The lowest BCUT2D eigenvalue weighted by Gasteiger charge is -2.26.